The number of carboxylic acids is 1. The maximum absolute atomic E-state index is 13.5. The van der Waals surface area contributed by atoms with Gasteiger partial charge in [-0.05, 0) is 67.8 Å². The van der Waals surface area contributed by atoms with Crippen LogP contribution >= 0.6 is 0 Å². The molecule has 0 saturated carbocycles. The Labute approximate surface area is 252 Å². The summed E-state index contributed by atoms with van der Waals surface area (Å²) in [5, 5.41) is 27.3. The van der Waals surface area contributed by atoms with Crippen LogP contribution in [0.5, 0.6) is 0 Å². The molecular formula is C31H45N7O5. The summed E-state index contributed by atoms with van der Waals surface area (Å²) in [6.07, 6.45) is 5.31. The Hall–Kier alpha value is -4.19. The lowest BCUT2D eigenvalue weighted by Crippen LogP contribution is -2.55. The predicted molar refractivity (Wildman–Crippen MR) is 165 cm³/mol. The first-order chi connectivity index (χ1) is 20.7. The number of guanidine groups is 1. The van der Waals surface area contributed by atoms with E-state index in [4.69, 9.17) is 16.9 Å². The highest BCUT2D eigenvalue weighted by Gasteiger charge is 2.36. The molecule has 3 amide bonds. The number of rotatable bonds is 17. The molecule has 0 spiro atoms. The van der Waals surface area contributed by atoms with Gasteiger partial charge in [0, 0.05) is 25.9 Å². The van der Waals surface area contributed by atoms with E-state index in [2.05, 4.69) is 16.0 Å². The molecule has 12 heteroatoms. The second kappa shape index (κ2) is 17.1. The van der Waals surface area contributed by atoms with Gasteiger partial charge in [-0.3, -0.25) is 19.8 Å². The third kappa shape index (κ3) is 10.2. The molecule has 1 fully saturated rings. The molecule has 2 aromatic carbocycles. The molecule has 3 rings (SSSR count). The Morgan fingerprint density at radius 3 is 2.49 bits per heavy atom. The van der Waals surface area contributed by atoms with Crippen LogP contribution in [0, 0.1) is 5.41 Å². The normalized spacial score (nSPS) is 15.9. The Morgan fingerprint density at radius 1 is 0.977 bits per heavy atom. The standard InChI is InChI=1S/C31H45N7O5/c32-17-6-1-2-16-27(39)38-19-9-15-26(38)29(41)36-24(14-5-7-18-35-31(33)34)28(40)37-25(30(42)43)20-22-12-8-11-21-10-3-4-13-23(21)22/h3-4,8,10-13,24-26H,1-2,5-7,9,14-20,32H2,(H,36,41)(H,37,40)(H,42,43)(H4,33,34,35)/t24-,25-,26+/m0/s1. The number of hydrogen-bond donors (Lipinski definition) is 7. The molecule has 1 aliphatic heterocycles. The van der Waals surface area contributed by atoms with Gasteiger partial charge in [-0.2, -0.15) is 0 Å². The number of carboxylic acid groups (broad SMARTS) is 1. The van der Waals surface area contributed by atoms with Crippen LogP contribution in [0.25, 0.3) is 10.8 Å². The zero-order chi connectivity index (χ0) is 31.2. The summed E-state index contributed by atoms with van der Waals surface area (Å²) < 4.78 is 0. The van der Waals surface area contributed by atoms with E-state index in [0.717, 1.165) is 29.2 Å². The van der Waals surface area contributed by atoms with Gasteiger partial charge < -0.3 is 37.4 Å². The molecule has 0 aromatic heterocycles. The first-order valence-corrected chi connectivity index (χ1v) is 15.1. The van der Waals surface area contributed by atoms with Crippen molar-refractivity contribution in [3.05, 3.63) is 48.0 Å². The quantitative estimate of drug-likeness (QED) is 0.0811. The van der Waals surface area contributed by atoms with E-state index in [9.17, 15) is 24.3 Å². The summed E-state index contributed by atoms with van der Waals surface area (Å²) in [6.45, 7) is 1.47. The zero-order valence-electron chi connectivity index (χ0n) is 24.6. The number of nitrogens with one attached hydrogen (secondary N) is 4. The van der Waals surface area contributed by atoms with E-state index < -0.39 is 35.9 Å². The zero-order valence-corrected chi connectivity index (χ0v) is 24.6. The molecule has 9 N–H and O–H groups in total. The van der Waals surface area contributed by atoms with Gasteiger partial charge in [-0.15, -0.1) is 0 Å². The number of likely N-dealkylation sites (tertiary alicyclic amines) is 1. The van der Waals surface area contributed by atoms with Gasteiger partial charge in [0.25, 0.3) is 0 Å². The van der Waals surface area contributed by atoms with Crippen molar-refractivity contribution in [2.45, 2.75) is 82.3 Å². The van der Waals surface area contributed by atoms with Crippen LogP contribution in [0.3, 0.4) is 0 Å². The fourth-order valence-electron chi connectivity index (χ4n) is 5.47. The molecular weight excluding hydrogens is 550 g/mol. The van der Waals surface area contributed by atoms with Crippen LogP contribution in [-0.2, 0) is 25.6 Å². The minimum absolute atomic E-state index is 0.0701. The molecule has 0 aliphatic carbocycles. The van der Waals surface area contributed by atoms with Gasteiger partial charge in [0.05, 0.1) is 0 Å². The first kappa shape index (κ1) is 33.3. The lowest BCUT2D eigenvalue weighted by molar-refractivity contribution is -0.143. The summed E-state index contributed by atoms with van der Waals surface area (Å²) in [4.78, 5) is 53.6. The molecule has 2 aromatic rings. The third-order valence-electron chi connectivity index (χ3n) is 7.76. The highest BCUT2D eigenvalue weighted by Crippen LogP contribution is 2.21. The van der Waals surface area contributed by atoms with Gasteiger partial charge in [-0.1, -0.05) is 48.9 Å². The molecule has 1 heterocycles. The SMILES string of the molecule is N=C(N)NCCCC[C@H](NC(=O)[C@H]1CCCN1C(=O)CCCCCN)C(=O)N[C@@H](Cc1cccc2ccccc12)C(=O)O. The number of carbonyl (C=O) groups excluding carboxylic acids is 3. The maximum atomic E-state index is 13.5. The highest BCUT2D eigenvalue weighted by atomic mass is 16.4. The van der Waals surface area contributed by atoms with Gasteiger partial charge in [0.2, 0.25) is 17.7 Å². The van der Waals surface area contributed by atoms with Crippen LogP contribution in [0.15, 0.2) is 42.5 Å². The van der Waals surface area contributed by atoms with Gasteiger partial charge in [0.1, 0.15) is 18.1 Å². The Morgan fingerprint density at radius 2 is 1.74 bits per heavy atom. The van der Waals surface area contributed by atoms with E-state index in [1.807, 2.05) is 42.5 Å². The monoisotopic (exact) mass is 595 g/mol. The largest absolute Gasteiger partial charge is 0.480 e. The Bertz CT molecular complexity index is 1260. The summed E-state index contributed by atoms with van der Waals surface area (Å²) in [5.74, 6) is -2.45. The molecule has 0 bridgehead atoms. The first-order valence-electron chi connectivity index (χ1n) is 15.1. The van der Waals surface area contributed by atoms with Crippen LogP contribution in [0.4, 0.5) is 0 Å². The smallest absolute Gasteiger partial charge is 0.326 e. The fraction of sp³-hybridized carbons (Fsp3) is 0.516. The highest BCUT2D eigenvalue weighted by molar-refractivity contribution is 5.94. The van der Waals surface area contributed by atoms with Crippen LogP contribution in [-0.4, -0.2) is 77.4 Å². The van der Waals surface area contributed by atoms with Crippen molar-refractivity contribution in [2.75, 3.05) is 19.6 Å². The van der Waals surface area contributed by atoms with Crippen molar-refractivity contribution in [1.82, 2.24) is 20.9 Å². The second-order valence-electron chi connectivity index (χ2n) is 11.0. The van der Waals surface area contributed by atoms with E-state index in [1.54, 1.807) is 4.90 Å². The molecule has 12 nitrogen and oxygen atoms in total. The average Bonchev–Trinajstić information content (AvgIpc) is 3.48. The van der Waals surface area contributed by atoms with E-state index >= 15 is 0 Å². The Kier molecular flexibility index (Phi) is 13.2. The Balaban J connectivity index is 1.70. The van der Waals surface area contributed by atoms with Crippen LogP contribution in [0.2, 0.25) is 0 Å². The second-order valence-corrected chi connectivity index (χ2v) is 11.0. The van der Waals surface area contributed by atoms with Crippen molar-refractivity contribution >= 4 is 40.4 Å². The average molecular weight is 596 g/mol. The van der Waals surface area contributed by atoms with Gasteiger partial charge in [0.15, 0.2) is 5.96 Å². The topological polar surface area (TPSA) is 204 Å². The molecule has 43 heavy (non-hydrogen) atoms. The lowest BCUT2D eigenvalue weighted by Gasteiger charge is -2.27. The third-order valence-corrected chi connectivity index (χ3v) is 7.76. The predicted octanol–water partition coefficient (Wildman–Crippen LogP) is 1.60. The number of benzene rings is 2. The number of fused-ring (bicyclic) bond motifs is 1. The molecule has 0 unspecified atom stereocenters. The van der Waals surface area contributed by atoms with Crippen LogP contribution < -0.4 is 27.4 Å². The number of aliphatic carboxylic acids is 1. The van der Waals surface area contributed by atoms with E-state index in [0.29, 0.717) is 58.2 Å². The molecule has 1 aliphatic rings. The number of unbranched alkanes of at least 4 members (excludes halogenated alkanes) is 3. The number of hydrogen-bond acceptors (Lipinski definition) is 6. The summed E-state index contributed by atoms with van der Waals surface area (Å²) in [5.41, 5.74) is 11.7. The number of carbonyl (C=O) groups is 4. The van der Waals surface area contributed by atoms with Crippen molar-refractivity contribution in [3.63, 3.8) is 0 Å². The number of nitrogens with two attached hydrogens (primary N) is 2. The molecule has 1 saturated heterocycles. The van der Waals surface area contributed by atoms with Gasteiger partial charge in [-0.25, -0.2) is 4.79 Å². The van der Waals surface area contributed by atoms with Crippen molar-refractivity contribution in [2.24, 2.45) is 11.5 Å². The van der Waals surface area contributed by atoms with E-state index in [-0.39, 0.29) is 24.7 Å². The summed E-state index contributed by atoms with van der Waals surface area (Å²) in [6, 6.07) is 10.4. The van der Waals surface area contributed by atoms with Gasteiger partial charge >= 0.3 is 5.97 Å². The maximum Gasteiger partial charge on any atom is 0.326 e. The van der Waals surface area contributed by atoms with Crippen LogP contribution in [0.1, 0.15) is 63.4 Å². The van der Waals surface area contributed by atoms with Crippen molar-refractivity contribution in [3.8, 4) is 0 Å². The minimum atomic E-state index is -1.21. The summed E-state index contributed by atoms with van der Waals surface area (Å²) >= 11 is 0. The minimum Gasteiger partial charge on any atom is -0.480 e. The van der Waals surface area contributed by atoms with Crippen molar-refractivity contribution < 1.29 is 24.3 Å². The number of amides is 3. The molecule has 234 valence electrons. The molecule has 0 radical (unpaired) electrons. The fourth-order valence-corrected chi connectivity index (χ4v) is 5.47. The summed E-state index contributed by atoms with van der Waals surface area (Å²) in [7, 11) is 0. The van der Waals surface area contributed by atoms with Crippen molar-refractivity contribution in [1.29, 1.82) is 5.41 Å². The lowest BCUT2D eigenvalue weighted by atomic mass is 9.98. The number of nitrogens with zero attached hydrogens (tertiary/aromatic N) is 1. The van der Waals surface area contributed by atoms with E-state index in [1.165, 1.54) is 0 Å². The molecule has 3 atom stereocenters.